The maximum absolute atomic E-state index is 13.0. The van der Waals surface area contributed by atoms with Crippen molar-refractivity contribution in [3.05, 3.63) is 101 Å². The van der Waals surface area contributed by atoms with Crippen molar-refractivity contribution in [3.63, 3.8) is 0 Å². The zero-order chi connectivity index (χ0) is 25.0. The predicted molar refractivity (Wildman–Crippen MR) is 130 cm³/mol. The first-order valence-electron chi connectivity index (χ1n) is 10.6. The summed E-state index contributed by atoms with van der Waals surface area (Å²) < 4.78 is 40.4. The molecule has 0 bridgehead atoms. The second-order valence-corrected chi connectivity index (χ2v) is 8.20. The van der Waals surface area contributed by atoms with Crippen molar-refractivity contribution in [2.45, 2.75) is 19.3 Å². The van der Waals surface area contributed by atoms with Crippen LogP contribution in [0.5, 0.6) is 0 Å². The van der Waals surface area contributed by atoms with Crippen molar-refractivity contribution < 1.29 is 18.0 Å². The number of amides is 2. The summed E-state index contributed by atoms with van der Waals surface area (Å²) in [6, 6.07) is 20.6. The Morgan fingerprint density at radius 3 is 2.34 bits per heavy atom. The van der Waals surface area contributed by atoms with E-state index in [0.29, 0.717) is 28.4 Å². The summed E-state index contributed by atoms with van der Waals surface area (Å²) in [6.07, 6.45) is -4.46. The first kappa shape index (κ1) is 24.2. The van der Waals surface area contributed by atoms with Crippen molar-refractivity contribution in [1.29, 1.82) is 0 Å². The molecule has 2 amide bonds. The molecule has 4 aromatic rings. The molecule has 0 aliphatic carbocycles. The zero-order valence-corrected chi connectivity index (χ0v) is 19.1. The van der Waals surface area contributed by atoms with Crippen molar-refractivity contribution in [2.24, 2.45) is 0 Å². The molecule has 0 spiro atoms. The second-order valence-electron chi connectivity index (χ2n) is 7.76. The minimum Gasteiger partial charge on any atom is -0.382 e. The maximum Gasteiger partial charge on any atom is 0.416 e. The number of hydrogen-bond acceptors (Lipinski definition) is 3. The molecule has 1 heterocycles. The number of carbonyl (C=O) groups excluding carboxylic acids is 1. The lowest BCUT2D eigenvalue weighted by Crippen LogP contribution is -2.28. The molecule has 4 rings (SSSR count). The number of nitrogens with zero attached hydrogens (tertiary/aromatic N) is 2. The Kier molecular flexibility index (Phi) is 6.97. The predicted octanol–water partition coefficient (Wildman–Crippen LogP) is 6.17. The van der Waals surface area contributed by atoms with Gasteiger partial charge < -0.3 is 16.4 Å². The minimum absolute atomic E-state index is 0.107. The van der Waals surface area contributed by atoms with Gasteiger partial charge in [-0.15, -0.1) is 0 Å². The van der Waals surface area contributed by atoms with E-state index in [0.717, 1.165) is 17.7 Å². The van der Waals surface area contributed by atoms with Crippen LogP contribution in [0.1, 0.15) is 16.7 Å². The molecule has 3 aromatic carbocycles. The van der Waals surface area contributed by atoms with E-state index >= 15 is 0 Å². The molecule has 0 fully saturated rings. The summed E-state index contributed by atoms with van der Waals surface area (Å²) >= 11 is 6.01. The third-order valence-electron chi connectivity index (χ3n) is 5.23. The molecule has 0 atom stereocenters. The number of rotatable bonds is 6. The van der Waals surface area contributed by atoms with Gasteiger partial charge in [-0.25, -0.2) is 9.48 Å². The highest BCUT2D eigenvalue weighted by Crippen LogP contribution is 2.33. The van der Waals surface area contributed by atoms with Crippen LogP contribution >= 0.6 is 11.6 Å². The number of carbonyl (C=O) groups is 1. The van der Waals surface area contributed by atoms with Crippen LogP contribution in [0.4, 0.5) is 29.5 Å². The van der Waals surface area contributed by atoms with Gasteiger partial charge in [0.1, 0.15) is 17.2 Å². The average molecular weight is 500 g/mol. The van der Waals surface area contributed by atoms with Gasteiger partial charge in [0, 0.05) is 17.1 Å². The molecule has 4 N–H and O–H groups in total. The number of nitrogens with one attached hydrogen (secondary N) is 2. The van der Waals surface area contributed by atoms with Gasteiger partial charge >= 0.3 is 12.2 Å². The molecular formula is C25H21ClF3N5O. The van der Waals surface area contributed by atoms with Gasteiger partial charge in [0.15, 0.2) is 0 Å². The summed E-state index contributed by atoms with van der Waals surface area (Å²) in [4.78, 5) is 12.7. The van der Waals surface area contributed by atoms with Crippen molar-refractivity contribution in [2.75, 3.05) is 11.1 Å². The molecular weight excluding hydrogens is 479 g/mol. The van der Waals surface area contributed by atoms with E-state index in [-0.39, 0.29) is 18.1 Å². The van der Waals surface area contributed by atoms with Crippen LogP contribution in [0, 0.1) is 0 Å². The maximum atomic E-state index is 13.0. The summed E-state index contributed by atoms with van der Waals surface area (Å²) in [5.74, 6) is 0.230. The minimum atomic E-state index is -4.46. The molecule has 180 valence electrons. The highest BCUT2D eigenvalue weighted by atomic mass is 35.5. The number of aromatic nitrogens is 2. The molecule has 0 radical (unpaired) electrons. The molecule has 0 aliphatic rings. The van der Waals surface area contributed by atoms with Gasteiger partial charge in [0.25, 0.3) is 0 Å². The van der Waals surface area contributed by atoms with Crippen molar-refractivity contribution >= 4 is 29.1 Å². The molecule has 0 unspecified atom stereocenters. The highest BCUT2D eigenvalue weighted by Gasteiger charge is 2.30. The number of urea groups is 1. The number of nitrogen functional groups attached to an aromatic ring is 1. The summed E-state index contributed by atoms with van der Waals surface area (Å²) in [5.41, 5.74) is 8.23. The fraction of sp³-hybridized carbons (Fsp3) is 0.120. The van der Waals surface area contributed by atoms with Gasteiger partial charge in [0.2, 0.25) is 0 Å². The quantitative estimate of drug-likeness (QED) is 0.296. The topological polar surface area (TPSA) is 85.0 Å². The largest absolute Gasteiger partial charge is 0.416 e. The molecule has 0 saturated heterocycles. The highest BCUT2D eigenvalue weighted by molar-refractivity contribution is 6.30. The molecule has 0 saturated carbocycles. The fourth-order valence-electron chi connectivity index (χ4n) is 3.48. The molecule has 35 heavy (non-hydrogen) atoms. The third-order valence-corrected chi connectivity index (χ3v) is 5.48. The smallest absolute Gasteiger partial charge is 0.382 e. The van der Waals surface area contributed by atoms with E-state index in [1.807, 2.05) is 30.3 Å². The van der Waals surface area contributed by atoms with Gasteiger partial charge in [-0.3, -0.25) is 0 Å². The number of anilines is 2. The van der Waals surface area contributed by atoms with Gasteiger partial charge in [-0.05, 0) is 35.4 Å². The first-order chi connectivity index (χ1) is 16.7. The standard InChI is InChI=1S/C25H21ClF3N5O/c26-20-11-9-18(10-12-20)21-22(23(30)34(33-21)15-16-5-2-1-3-6-16)32-24(35)31-14-17-7-4-8-19(13-17)25(27,28)29/h1-13H,14-15,30H2,(H2,31,32,35). The normalized spacial score (nSPS) is 11.3. The Morgan fingerprint density at radius 2 is 1.66 bits per heavy atom. The average Bonchev–Trinajstić information content (AvgIpc) is 3.13. The number of halogens is 4. The van der Waals surface area contributed by atoms with Crippen molar-refractivity contribution in [1.82, 2.24) is 15.1 Å². The summed E-state index contributed by atoms with van der Waals surface area (Å²) in [6.45, 7) is 0.269. The Labute approximate surface area is 204 Å². The molecule has 6 nitrogen and oxygen atoms in total. The van der Waals surface area contributed by atoms with Crippen LogP contribution in [-0.2, 0) is 19.3 Å². The van der Waals surface area contributed by atoms with Crippen LogP contribution in [0.2, 0.25) is 5.02 Å². The van der Waals surface area contributed by atoms with Crippen LogP contribution in [0.25, 0.3) is 11.3 Å². The third kappa shape index (κ3) is 5.93. The Hall–Kier alpha value is -3.98. The Balaban J connectivity index is 1.56. The number of nitrogens with two attached hydrogens (primary N) is 1. The second kappa shape index (κ2) is 10.1. The van der Waals surface area contributed by atoms with Crippen LogP contribution in [0.15, 0.2) is 78.9 Å². The van der Waals surface area contributed by atoms with E-state index in [4.69, 9.17) is 17.3 Å². The van der Waals surface area contributed by atoms with Gasteiger partial charge in [-0.2, -0.15) is 18.3 Å². The van der Waals surface area contributed by atoms with Crippen molar-refractivity contribution in [3.8, 4) is 11.3 Å². The lowest BCUT2D eigenvalue weighted by Gasteiger charge is -2.11. The molecule has 0 aliphatic heterocycles. The van der Waals surface area contributed by atoms with E-state index in [2.05, 4.69) is 15.7 Å². The lowest BCUT2D eigenvalue weighted by atomic mass is 10.1. The molecule has 10 heteroatoms. The summed E-state index contributed by atoms with van der Waals surface area (Å²) in [5, 5.41) is 10.4. The SMILES string of the molecule is Nc1c(NC(=O)NCc2cccc(C(F)(F)F)c2)c(-c2ccc(Cl)cc2)nn1Cc1ccccc1. The van der Waals surface area contributed by atoms with E-state index in [1.165, 1.54) is 12.1 Å². The monoisotopic (exact) mass is 499 g/mol. The van der Waals surface area contributed by atoms with Crippen LogP contribution in [0.3, 0.4) is 0 Å². The molecule has 1 aromatic heterocycles. The Bertz CT molecular complexity index is 1320. The number of benzene rings is 3. The van der Waals surface area contributed by atoms with Gasteiger partial charge in [-0.1, -0.05) is 66.2 Å². The number of hydrogen-bond donors (Lipinski definition) is 3. The van der Waals surface area contributed by atoms with E-state index in [9.17, 15) is 18.0 Å². The van der Waals surface area contributed by atoms with Gasteiger partial charge in [0.05, 0.1) is 12.1 Å². The lowest BCUT2D eigenvalue weighted by molar-refractivity contribution is -0.137. The van der Waals surface area contributed by atoms with E-state index < -0.39 is 17.8 Å². The zero-order valence-electron chi connectivity index (χ0n) is 18.3. The van der Waals surface area contributed by atoms with E-state index in [1.54, 1.807) is 28.9 Å². The van der Waals surface area contributed by atoms with Crippen LogP contribution < -0.4 is 16.4 Å². The van der Waals surface area contributed by atoms with Crippen LogP contribution in [-0.4, -0.2) is 15.8 Å². The summed E-state index contributed by atoms with van der Waals surface area (Å²) in [7, 11) is 0. The first-order valence-corrected chi connectivity index (χ1v) is 11.0. The number of alkyl halides is 3. The fourth-order valence-corrected chi connectivity index (χ4v) is 3.61. The Morgan fingerprint density at radius 1 is 0.971 bits per heavy atom.